The van der Waals surface area contributed by atoms with Gasteiger partial charge < -0.3 is 15.0 Å². The summed E-state index contributed by atoms with van der Waals surface area (Å²) in [7, 11) is 1.64. The van der Waals surface area contributed by atoms with Gasteiger partial charge in [-0.1, -0.05) is 12.2 Å². The molecule has 122 valence electrons. The average Bonchev–Trinajstić information content (AvgIpc) is 2.84. The van der Waals surface area contributed by atoms with E-state index in [-0.39, 0.29) is 6.86 Å². The van der Waals surface area contributed by atoms with Gasteiger partial charge in [-0.3, -0.25) is 4.79 Å². The molecule has 1 aliphatic rings. The fourth-order valence-electron chi connectivity index (χ4n) is 2.38. The Balaban J connectivity index is 0.00000208. The van der Waals surface area contributed by atoms with Crippen LogP contribution in [0, 0.1) is 0 Å². The van der Waals surface area contributed by atoms with Crippen molar-refractivity contribution in [2.24, 2.45) is 0 Å². The molecule has 0 unspecified atom stereocenters. The average molecular weight is 331 g/mol. The van der Waals surface area contributed by atoms with Gasteiger partial charge in [-0.05, 0) is 13.8 Å². The van der Waals surface area contributed by atoms with Crippen LogP contribution in [0.15, 0.2) is 28.1 Å². The first kappa shape index (κ1) is 15.6. The molecule has 0 radical (unpaired) electrons. The first-order valence-electron chi connectivity index (χ1n) is 7.47. The monoisotopic (exact) mass is 331 g/mol. The van der Waals surface area contributed by atoms with Crippen LogP contribution in [0.25, 0.3) is 23.5 Å². The van der Waals surface area contributed by atoms with Gasteiger partial charge in [-0.25, -0.2) is 4.98 Å². The lowest BCUT2D eigenvalue weighted by atomic mass is 10.1. The number of nitrogens with zero attached hydrogens (tertiary/aromatic N) is 1. The molecule has 0 amide bonds. The summed E-state index contributed by atoms with van der Waals surface area (Å²) < 4.78 is 5.33. The van der Waals surface area contributed by atoms with Gasteiger partial charge in [0.1, 0.15) is 5.76 Å². The summed E-state index contributed by atoms with van der Waals surface area (Å²) in [6.07, 6.45) is 6.32. The quantitative estimate of drug-likeness (QED) is 0.889. The number of H-pyrrole nitrogens is 1. The summed E-state index contributed by atoms with van der Waals surface area (Å²) in [4.78, 5) is 20.3. The van der Waals surface area contributed by atoms with Gasteiger partial charge in [0.05, 0.1) is 24.2 Å². The summed E-state index contributed by atoms with van der Waals surface area (Å²) in [6, 6.07) is 1.92. The molecule has 0 aliphatic heterocycles. The molecule has 0 aromatic carbocycles. The zero-order valence-corrected chi connectivity index (χ0v) is 14.2. The minimum atomic E-state index is -0.0232. The third-order valence-corrected chi connectivity index (χ3v) is 4.24. The topological polar surface area (TPSA) is 67.0 Å². The second-order valence-electron chi connectivity index (χ2n) is 5.63. The van der Waals surface area contributed by atoms with Gasteiger partial charge in [0.25, 0.3) is 0 Å². The van der Waals surface area contributed by atoms with E-state index in [4.69, 9.17) is 4.74 Å². The van der Waals surface area contributed by atoms with Crippen LogP contribution in [0.1, 0.15) is 33.0 Å². The molecule has 6 heteroatoms. The molecule has 0 fully saturated rings. The summed E-state index contributed by atoms with van der Waals surface area (Å²) in [5.41, 5.74) is 2.86. The molecule has 0 atom stereocenters. The normalized spacial score (nSPS) is 13.5. The van der Waals surface area contributed by atoms with Crippen LogP contribution in [0.3, 0.4) is 0 Å². The van der Waals surface area contributed by atoms with E-state index in [1.54, 1.807) is 13.2 Å². The number of hydrogen-bond donors (Lipinski definition) is 2. The van der Waals surface area contributed by atoms with Crippen LogP contribution in [0.2, 0.25) is 0 Å². The molecule has 23 heavy (non-hydrogen) atoms. The number of ether oxygens (including phenoxy) is 1. The highest BCUT2D eigenvalue weighted by molar-refractivity contribution is 7.14. The number of anilines is 1. The van der Waals surface area contributed by atoms with E-state index in [1.807, 2.05) is 23.6 Å². The van der Waals surface area contributed by atoms with Crippen molar-refractivity contribution < 1.29 is 6.16 Å². The Morgan fingerprint density at radius 1 is 1.48 bits per heavy atom. The van der Waals surface area contributed by atoms with Gasteiger partial charge in [-0.15, -0.1) is 11.3 Å². The molecule has 0 bridgehead atoms. The fourth-order valence-corrected chi connectivity index (χ4v) is 3.24. The Hall–Kier alpha value is -2.34. The number of pyridine rings is 1. The summed E-state index contributed by atoms with van der Waals surface area (Å²) in [5.74, 6) is 0.813. The van der Waals surface area contributed by atoms with Crippen molar-refractivity contribution in [3.05, 3.63) is 44.8 Å². The van der Waals surface area contributed by atoms with E-state index >= 15 is 0 Å². The van der Waals surface area contributed by atoms with Crippen molar-refractivity contribution >= 4 is 28.6 Å². The zero-order chi connectivity index (χ0) is 16.4. The van der Waals surface area contributed by atoms with Gasteiger partial charge in [0.2, 0.25) is 0 Å². The first-order chi connectivity index (χ1) is 11.1. The maximum Gasteiger partial charge on any atom is 0.190 e. The molecule has 5 nitrogen and oxygen atoms in total. The van der Waals surface area contributed by atoms with Crippen LogP contribution in [-0.4, -0.2) is 23.1 Å². The van der Waals surface area contributed by atoms with Crippen molar-refractivity contribution in [1.82, 2.24) is 9.97 Å². The third-order valence-electron chi connectivity index (χ3n) is 3.46. The predicted octanol–water partition coefficient (Wildman–Crippen LogP) is 3.97. The molecular weight excluding hydrogens is 310 g/mol. The van der Waals surface area contributed by atoms with Crippen molar-refractivity contribution in [2.75, 3.05) is 12.4 Å². The summed E-state index contributed by atoms with van der Waals surface area (Å²) in [6.45, 7) is 4.13. The SMILES string of the molecule is COC1=Cc2[nH]c(-c3csc(NC(C)C)n3)cc(=O)c2C=CC1.[HH]. The molecule has 2 heterocycles. The Kier molecular flexibility index (Phi) is 4.34. The van der Waals surface area contributed by atoms with Crippen molar-refractivity contribution in [3.63, 3.8) is 0 Å². The lowest BCUT2D eigenvalue weighted by Crippen LogP contribution is -2.10. The second kappa shape index (κ2) is 6.42. The molecule has 0 saturated heterocycles. The largest absolute Gasteiger partial charge is 0.501 e. The van der Waals surface area contributed by atoms with Crippen LogP contribution in [-0.2, 0) is 4.74 Å². The highest BCUT2D eigenvalue weighted by Crippen LogP contribution is 2.25. The number of nitrogens with one attached hydrogen (secondary N) is 2. The number of aromatic amines is 1. The van der Waals surface area contributed by atoms with E-state index in [2.05, 4.69) is 29.1 Å². The smallest absolute Gasteiger partial charge is 0.190 e. The minimum Gasteiger partial charge on any atom is -0.501 e. The van der Waals surface area contributed by atoms with Crippen molar-refractivity contribution in [2.45, 2.75) is 26.3 Å². The van der Waals surface area contributed by atoms with Crippen molar-refractivity contribution in [1.29, 1.82) is 0 Å². The van der Waals surface area contributed by atoms with Crippen molar-refractivity contribution in [3.8, 4) is 11.4 Å². The molecule has 2 N–H and O–H groups in total. The zero-order valence-electron chi connectivity index (χ0n) is 13.3. The van der Waals surface area contributed by atoms with Gasteiger partial charge in [0.15, 0.2) is 10.6 Å². The number of rotatable bonds is 4. The first-order valence-corrected chi connectivity index (χ1v) is 8.35. The molecule has 0 saturated carbocycles. The lowest BCUT2D eigenvalue weighted by Gasteiger charge is -2.06. The maximum absolute atomic E-state index is 12.4. The molecule has 0 spiro atoms. The maximum atomic E-state index is 12.4. The van der Waals surface area contributed by atoms with E-state index in [1.165, 1.54) is 11.3 Å². The van der Waals surface area contributed by atoms with E-state index in [0.29, 0.717) is 23.7 Å². The summed E-state index contributed by atoms with van der Waals surface area (Å²) in [5, 5.41) is 6.06. The number of fused-ring (bicyclic) bond motifs is 1. The third kappa shape index (κ3) is 3.37. The second-order valence-corrected chi connectivity index (χ2v) is 6.49. The van der Waals surface area contributed by atoms with E-state index in [0.717, 1.165) is 22.3 Å². The predicted molar refractivity (Wildman–Crippen MR) is 97.7 cm³/mol. The standard InChI is InChI=1S/C17H19N3O2S.H2/c1-10(2)18-17-20-15(9-23-17)14-8-16(21)12-6-4-5-11(22-3)7-13(12)19-14;/h4,6-10H,5H2,1-3H3,(H,18,20)(H,19,21);1H. The Morgan fingerprint density at radius 2 is 2.30 bits per heavy atom. The molecule has 3 rings (SSSR count). The van der Waals surface area contributed by atoms with Crippen LogP contribution >= 0.6 is 11.3 Å². The highest BCUT2D eigenvalue weighted by Gasteiger charge is 2.13. The molecular formula is C17H21N3O2S. The Morgan fingerprint density at radius 3 is 3.04 bits per heavy atom. The lowest BCUT2D eigenvalue weighted by molar-refractivity contribution is 0.289. The van der Waals surface area contributed by atoms with E-state index < -0.39 is 0 Å². The Bertz CT molecular complexity index is 837. The number of thiazole rings is 1. The summed E-state index contributed by atoms with van der Waals surface area (Å²) >= 11 is 1.53. The van der Waals surface area contributed by atoms with Crippen LogP contribution < -0.4 is 10.7 Å². The molecule has 1 aliphatic carbocycles. The number of allylic oxidation sites excluding steroid dienone is 1. The van der Waals surface area contributed by atoms with Gasteiger partial charge in [-0.2, -0.15) is 0 Å². The molecule has 2 aromatic rings. The molecule has 2 aromatic heterocycles. The number of methoxy groups -OCH3 is 1. The minimum absolute atomic E-state index is 0. The van der Waals surface area contributed by atoms with Gasteiger partial charge in [0, 0.05) is 37.0 Å². The van der Waals surface area contributed by atoms with Crippen LogP contribution in [0.4, 0.5) is 5.13 Å². The number of aromatic nitrogens is 2. The number of hydrogen-bond acceptors (Lipinski definition) is 5. The van der Waals surface area contributed by atoms with Crippen LogP contribution in [0.5, 0.6) is 0 Å². The van der Waals surface area contributed by atoms with E-state index in [9.17, 15) is 4.79 Å². The fraction of sp³-hybridized carbons (Fsp3) is 0.294. The van der Waals surface area contributed by atoms with Gasteiger partial charge >= 0.3 is 0 Å². The Labute approximate surface area is 140 Å². The highest BCUT2D eigenvalue weighted by atomic mass is 32.1.